The Bertz CT molecular complexity index is 952. The summed E-state index contributed by atoms with van der Waals surface area (Å²) in [6.07, 6.45) is 1.61. The first-order valence-electron chi connectivity index (χ1n) is 8.44. The summed E-state index contributed by atoms with van der Waals surface area (Å²) in [5.41, 5.74) is 1.52. The number of halogens is 2. The van der Waals surface area contributed by atoms with Crippen molar-refractivity contribution in [1.29, 1.82) is 0 Å². The van der Waals surface area contributed by atoms with Crippen molar-refractivity contribution in [3.63, 3.8) is 0 Å². The van der Waals surface area contributed by atoms with Crippen LogP contribution in [0.1, 0.15) is 46.7 Å². The van der Waals surface area contributed by atoms with Gasteiger partial charge in [-0.25, -0.2) is 9.48 Å². The van der Waals surface area contributed by atoms with Gasteiger partial charge in [0.2, 0.25) is 0 Å². The summed E-state index contributed by atoms with van der Waals surface area (Å²) in [6.45, 7) is 3.93. The first kappa shape index (κ1) is 19.4. The van der Waals surface area contributed by atoms with E-state index in [2.05, 4.69) is 15.2 Å². The molecule has 0 saturated heterocycles. The lowest BCUT2D eigenvalue weighted by atomic mass is 10.2. The summed E-state index contributed by atoms with van der Waals surface area (Å²) in [6, 6.07) is 7.37. The molecule has 2 heterocycles. The highest BCUT2D eigenvalue weighted by molar-refractivity contribution is 6.33. The Balaban J connectivity index is 1.71. The Morgan fingerprint density at radius 2 is 2.07 bits per heavy atom. The molecule has 0 spiro atoms. The van der Waals surface area contributed by atoms with Crippen LogP contribution in [-0.4, -0.2) is 25.9 Å². The monoisotopic (exact) mass is 408 g/mol. The Kier molecular flexibility index (Phi) is 6.13. The number of rotatable bonds is 7. The fourth-order valence-electron chi connectivity index (χ4n) is 2.55. The zero-order valence-electron chi connectivity index (χ0n) is 14.9. The minimum absolute atomic E-state index is 0.124. The average molecular weight is 409 g/mol. The number of hydrogen-bond acceptors (Lipinski definition) is 6. The molecule has 0 bridgehead atoms. The SMILES string of the molecule is CCCc1noc(COC(=O)c2c(C)nn(Cc3ccccc3Cl)c2Cl)n1. The second kappa shape index (κ2) is 8.54. The summed E-state index contributed by atoms with van der Waals surface area (Å²) in [4.78, 5) is 16.6. The highest BCUT2D eigenvalue weighted by atomic mass is 35.5. The second-order valence-electron chi connectivity index (χ2n) is 5.93. The van der Waals surface area contributed by atoms with Crippen LogP contribution in [0.2, 0.25) is 10.2 Å². The van der Waals surface area contributed by atoms with E-state index >= 15 is 0 Å². The third-order valence-electron chi connectivity index (χ3n) is 3.86. The number of aryl methyl sites for hydroxylation is 2. The van der Waals surface area contributed by atoms with E-state index in [9.17, 15) is 4.79 Å². The smallest absolute Gasteiger partial charge is 0.343 e. The molecular weight excluding hydrogens is 391 g/mol. The van der Waals surface area contributed by atoms with Gasteiger partial charge in [0.25, 0.3) is 5.89 Å². The summed E-state index contributed by atoms with van der Waals surface area (Å²) in [5.74, 6) is 0.229. The van der Waals surface area contributed by atoms with E-state index in [0.717, 1.165) is 12.0 Å². The fraction of sp³-hybridized carbons (Fsp3) is 0.333. The molecule has 0 amide bonds. The maximum atomic E-state index is 12.4. The normalized spacial score (nSPS) is 11.0. The van der Waals surface area contributed by atoms with Crippen LogP contribution in [0.25, 0.3) is 0 Å². The van der Waals surface area contributed by atoms with Crippen LogP contribution in [0.3, 0.4) is 0 Å². The van der Waals surface area contributed by atoms with Gasteiger partial charge in [0.1, 0.15) is 10.7 Å². The molecule has 0 N–H and O–H groups in total. The number of aromatic nitrogens is 4. The van der Waals surface area contributed by atoms with E-state index in [1.165, 1.54) is 4.68 Å². The molecule has 0 aliphatic carbocycles. The fourth-order valence-corrected chi connectivity index (χ4v) is 3.06. The first-order valence-corrected chi connectivity index (χ1v) is 9.20. The summed E-state index contributed by atoms with van der Waals surface area (Å²) < 4.78 is 11.8. The van der Waals surface area contributed by atoms with E-state index in [1.54, 1.807) is 13.0 Å². The van der Waals surface area contributed by atoms with Crippen molar-refractivity contribution in [2.24, 2.45) is 0 Å². The van der Waals surface area contributed by atoms with Gasteiger partial charge in [-0.2, -0.15) is 10.1 Å². The largest absolute Gasteiger partial charge is 0.452 e. The van der Waals surface area contributed by atoms with Gasteiger partial charge in [-0.3, -0.25) is 0 Å². The molecule has 0 aliphatic heterocycles. The van der Waals surface area contributed by atoms with Gasteiger partial charge in [0.05, 0.1) is 12.2 Å². The number of carbonyl (C=O) groups excluding carboxylic acids is 1. The molecule has 27 heavy (non-hydrogen) atoms. The van der Waals surface area contributed by atoms with Gasteiger partial charge in [0, 0.05) is 11.4 Å². The van der Waals surface area contributed by atoms with E-state index in [-0.39, 0.29) is 23.2 Å². The van der Waals surface area contributed by atoms with Gasteiger partial charge in [0.15, 0.2) is 12.4 Å². The molecule has 0 unspecified atom stereocenters. The van der Waals surface area contributed by atoms with Crippen molar-refractivity contribution in [1.82, 2.24) is 19.9 Å². The second-order valence-corrected chi connectivity index (χ2v) is 6.70. The molecule has 1 aromatic carbocycles. The van der Waals surface area contributed by atoms with Crippen molar-refractivity contribution in [3.8, 4) is 0 Å². The van der Waals surface area contributed by atoms with E-state index in [1.807, 2.05) is 25.1 Å². The lowest BCUT2D eigenvalue weighted by molar-refractivity contribution is 0.0429. The quantitative estimate of drug-likeness (QED) is 0.543. The standard InChI is InChI=1S/C18H18Cl2N4O3/c1-3-6-14-21-15(27-23-14)10-26-18(25)16-11(2)22-24(17(16)20)9-12-7-4-5-8-13(12)19/h4-5,7-8H,3,6,9-10H2,1-2H3. The summed E-state index contributed by atoms with van der Waals surface area (Å²) in [5, 5.41) is 8.93. The molecule has 0 radical (unpaired) electrons. The van der Waals surface area contributed by atoms with Crippen LogP contribution >= 0.6 is 23.2 Å². The number of benzene rings is 1. The van der Waals surface area contributed by atoms with Crippen molar-refractivity contribution >= 4 is 29.2 Å². The first-order chi connectivity index (χ1) is 13.0. The van der Waals surface area contributed by atoms with Crippen LogP contribution in [-0.2, 0) is 24.3 Å². The molecule has 9 heteroatoms. The minimum atomic E-state index is -0.599. The van der Waals surface area contributed by atoms with E-state index in [0.29, 0.717) is 29.5 Å². The molecule has 3 rings (SSSR count). The molecule has 142 valence electrons. The van der Waals surface area contributed by atoms with Crippen LogP contribution in [0, 0.1) is 6.92 Å². The molecule has 0 saturated carbocycles. The van der Waals surface area contributed by atoms with Gasteiger partial charge in [-0.05, 0) is 25.0 Å². The van der Waals surface area contributed by atoms with E-state index < -0.39 is 5.97 Å². The number of nitrogens with zero attached hydrogens (tertiary/aromatic N) is 4. The highest BCUT2D eigenvalue weighted by Gasteiger charge is 2.23. The molecule has 2 aromatic heterocycles. The number of carbonyl (C=O) groups is 1. The Morgan fingerprint density at radius 1 is 1.30 bits per heavy atom. The van der Waals surface area contributed by atoms with Gasteiger partial charge in [-0.1, -0.05) is 53.5 Å². The van der Waals surface area contributed by atoms with Gasteiger partial charge >= 0.3 is 5.97 Å². The summed E-state index contributed by atoms with van der Waals surface area (Å²) >= 11 is 12.5. The third-order valence-corrected chi connectivity index (χ3v) is 4.61. The Hall–Kier alpha value is -2.38. The molecule has 3 aromatic rings. The van der Waals surface area contributed by atoms with E-state index in [4.69, 9.17) is 32.5 Å². The highest BCUT2D eigenvalue weighted by Crippen LogP contribution is 2.24. The van der Waals surface area contributed by atoms with Gasteiger partial charge in [-0.15, -0.1) is 0 Å². The van der Waals surface area contributed by atoms with Crippen molar-refractivity contribution in [3.05, 3.63) is 63.0 Å². The van der Waals surface area contributed by atoms with Crippen molar-refractivity contribution < 1.29 is 14.1 Å². The van der Waals surface area contributed by atoms with Crippen LogP contribution in [0.4, 0.5) is 0 Å². The zero-order valence-corrected chi connectivity index (χ0v) is 16.4. The maximum absolute atomic E-state index is 12.4. The zero-order chi connectivity index (χ0) is 19.4. The molecule has 0 aliphatic rings. The van der Waals surface area contributed by atoms with Crippen LogP contribution < -0.4 is 0 Å². The Labute approximate surface area is 166 Å². The molecular formula is C18H18Cl2N4O3. The van der Waals surface area contributed by atoms with Crippen molar-refractivity contribution in [2.45, 2.75) is 39.8 Å². The summed E-state index contributed by atoms with van der Waals surface area (Å²) in [7, 11) is 0. The van der Waals surface area contributed by atoms with Crippen LogP contribution in [0.5, 0.6) is 0 Å². The third kappa shape index (κ3) is 4.48. The molecule has 7 nitrogen and oxygen atoms in total. The van der Waals surface area contributed by atoms with Gasteiger partial charge < -0.3 is 9.26 Å². The predicted octanol–water partition coefficient (Wildman–Crippen LogP) is 4.24. The van der Waals surface area contributed by atoms with Crippen LogP contribution in [0.15, 0.2) is 28.8 Å². The number of esters is 1. The molecule has 0 fully saturated rings. The minimum Gasteiger partial charge on any atom is -0.452 e. The Morgan fingerprint density at radius 3 is 2.81 bits per heavy atom. The number of hydrogen-bond donors (Lipinski definition) is 0. The number of ether oxygens (including phenoxy) is 1. The lowest BCUT2D eigenvalue weighted by Crippen LogP contribution is -2.07. The topological polar surface area (TPSA) is 83.0 Å². The van der Waals surface area contributed by atoms with Crippen molar-refractivity contribution in [2.75, 3.05) is 0 Å². The average Bonchev–Trinajstić information content (AvgIpc) is 3.20. The predicted molar refractivity (Wildman–Crippen MR) is 99.9 cm³/mol. The molecule has 0 atom stereocenters. The maximum Gasteiger partial charge on any atom is 0.343 e. The lowest BCUT2D eigenvalue weighted by Gasteiger charge is -2.06.